The van der Waals surface area contributed by atoms with Gasteiger partial charge in [-0.25, -0.2) is 18.2 Å². The van der Waals surface area contributed by atoms with E-state index in [-0.39, 0.29) is 17.0 Å². The summed E-state index contributed by atoms with van der Waals surface area (Å²) in [7, 11) is 0. The molecule has 1 saturated heterocycles. The Morgan fingerprint density at radius 1 is 1.13 bits per heavy atom. The van der Waals surface area contributed by atoms with E-state index in [9.17, 15) is 13.2 Å². The van der Waals surface area contributed by atoms with Gasteiger partial charge in [-0.1, -0.05) is 13.8 Å². The van der Waals surface area contributed by atoms with Gasteiger partial charge in [-0.3, -0.25) is 4.90 Å². The molecule has 2 N–H and O–H groups in total. The quantitative estimate of drug-likeness (QED) is 0.674. The lowest BCUT2D eigenvalue weighted by Gasteiger charge is -2.43. The molecule has 2 unspecified atom stereocenters. The van der Waals surface area contributed by atoms with Crippen molar-refractivity contribution in [3.63, 3.8) is 0 Å². The van der Waals surface area contributed by atoms with Gasteiger partial charge < -0.3 is 10.6 Å². The van der Waals surface area contributed by atoms with Crippen LogP contribution in [-0.2, 0) is 0 Å². The SMILES string of the molecule is CC(C)CC1=CC2=C(N)N=CN(C3CCN(C(C)c4c(F)cc(F)cc4F)CC3)C2S1. The minimum atomic E-state index is -0.892. The van der Waals surface area contributed by atoms with E-state index in [0.717, 1.165) is 37.0 Å². The van der Waals surface area contributed by atoms with E-state index in [1.165, 1.54) is 4.91 Å². The molecular formula is C23H29F3N4S. The molecule has 31 heavy (non-hydrogen) atoms. The van der Waals surface area contributed by atoms with Crippen molar-refractivity contribution in [2.24, 2.45) is 16.6 Å². The third kappa shape index (κ3) is 4.51. The largest absolute Gasteiger partial charge is 0.383 e. The number of fused-ring (bicyclic) bond motifs is 1. The highest BCUT2D eigenvalue weighted by Gasteiger charge is 2.37. The van der Waals surface area contributed by atoms with Gasteiger partial charge in [0.25, 0.3) is 0 Å². The molecule has 4 nitrogen and oxygen atoms in total. The number of nitrogens with two attached hydrogens (primary N) is 1. The first-order valence-corrected chi connectivity index (χ1v) is 11.7. The Bertz CT molecular complexity index is 912. The minimum absolute atomic E-state index is 0.0637. The average molecular weight is 451 g/mol. The van der Waals surface area contributed by atoms with Crippen molar-refractivity contribution in [2.75, 3.05) is 13.1 Å². The monoisotopic (exact) mass is 450 g/mol. The first-order valence-electron chi connectivity index (χ1n) is 10.8. The third-order valence-electron chi connectivity index (χ3n) is 6.28. The summed E-state index contributed by atoms with van der Waals surface area (Å²) in [5.41, 5.74) is 7.18. The van der Waals surface area contributed by atoms with Crippen LogP contribution in [0.5, 0.6) is 0 Å². The van der Waals surface area contributed by atoms with E-state index in [4.69, 9.17) is 5.73 Å². The molecule has 2 atom stereocenters. The molecule has 3 aliphatic heterocycles. The number of hydrogen-bond donors (Lipinski definition) is 1. The Balaban J connectivity index is 1.42. The molecule has 0 spiro atoms. The van der Waals surface area contributed by atoms with Crippen molar-refractivity contribution < 1.29 is 13.2 Å². The number of rotatable bonds is 5. The lowest BCUT2D eigenvalue weighted by molar-refractivity contribution is 0.119. The van der Waals surface area contributed by atoms with Gasteiger partial charge in [-0.15, -0.1) is 11.8 Å². The normalized spacial score (nSPS) is 23.5. The van der Waals surface area contributed by atoms with Gasteiger partial charge in [-0.2, -0.15) is 0 Å². The van der Waals surface area contributed by atoms with E-state index in [0.29, 0.717) is 24.8 Å². The standard InChI is InChI=1S/C23H29F3N4S/c1-13(2)8-17-11-18-22(27)28-12-30(23(18)31-17)16-4-6-29(7-5-16)14(3)21-19(25)9-15(24)10-20(21)26/h9-14,16,23H,4-8,27H2,1-3H3. The molecule has 4 rings (SSSR count). The van der Waals surface area contributed by atoms with Gasteiger partial charge in [0.05, 0.1) is 6.34 Å². The van der Waals surface area contributed by atoms with Crippen LogP contribution in [0.25, 0.3) is 0 Å². The molecule has 3 heterocycles. The Morgan fingerprint density at radius 3 is 2.39 bits per heavy atom. The molecule has 0 aromatic heterocycles. The molecule has 1 aromatic carbocycles. The Morgan fingerprint density at radius 2 is 1.77 bits per heavy atom. The zero-order valence-electron chi connectivity index (χ0n) is 18.1. The number of aliphatic imine (C=N–C) groups is 1. The number of thioether (sulfide) groups is 1. The molecule has 0 bridgehead atoms. The van der Waals surface area contributed by atoms with Crippen LogP contribution in [0.1, 0.15) is 51.6 Å². The van der Waals surface area contributed by atoms with Crippen LogP contribution >= 0.6 is 11.8 Å². The maximum atomic E-state index is 14.2. The van der Waals surface area contributed by atoms with Crippen LogP contribution in [0.3, 0.4) is 0 Å². The highest BCUT2D eigenvalue weighted by molar-refractivity contribution is 8.04. The number of likely N-dealkylation sites (tertiary alicyclic amines) is 1. The summed E-state index contributed by atoms with van der Waals surface area (Å²) >= 11 is 1.85. The molecular weight excluding hydrogens is 421 g/mol. The Labute approximate surface area is 186 Å². The number of allylic oxidation sites excluding steroid dienone is 1. The van der Waals surface area contributed by atoms with Gasteiger partial charge in [0.1, 0.15) is 28.6 Å². The smallest absolute Gasteiger partial charge is 0.133 e. The minimum Gasteiger partial charge on any atom is -0.383 e. The average Bonchev–Trinajstić information content (AvgIpc) is 3.11. The summed E-state index contributed by atoms with van der Waals surface area (Å²) in [6, 6.07) is 1.33. The molecule has 0 saturated carbocycles. The van der Waals surface area contributed by atoms with Crippen molar-refractivity contribution in [1.29, 1.82) is 0 Å². The summed E-state index contributed by atoms with van der Waals surface area (Å²) in [6.45, 7) is 7.59. The molecule has 168 valence electrons. The van der Waals surface area contributed by atoms with Crippen molar-refractivity contribution in [3.8, 4) is 0 Å². The maximum Gasteiger partial charge on any atom is 0.133 e. The van der Waals surface area contributed by atoms with Gasteiger partial charge in [0.2, 0.25) is 0 Å². The number of nitrogens with zero attached hydrogens (tertiary/aromatic N) is 3. The second-order valence-electron chi connectivity index (χ2n) is 8.94. The van der Waals surface area contributed by atoms with E-state index in [1.54, 1.807) is 6.92 Å². The van der Waals surface area contributed by atoms with Gasteiger partial charge in [0.15, 0.2) is 0 Å². The second kappa shape index (κ2) is 8.90. The van der Waals surface area contributed by atoms with E-state index in [2.05, 4.69) is 34.7 Å². The highest BCUT2D eigenvalue weighted by atomic mass is 32.2. The molecule has 1 fully saturated rings. The molecule has 1 aromatic rings. The van der Waals surface area contributed by atoms with Crippen LogP contribution in [0.2, 0.25) is 0 Å². The van der Waals surface area contributed by atoms with E-state index in [1.807, 2.05) is 18.1 Å². The Hall–Kier alpha value is -1.93. The predicted molar refractivity (Wildman–Crippen MR) is 120 cm³/mol. The molecule has 8 heteroatoms. The number of piperidine rings is 1. The number of halogens is 3. The summed E-state index contributed by atoms with van der Waals surface area (Å²) in [5, 5.41) is 0.146. The summed E-state index contributed by atoms with van der Waals surface area (Å²) in [4.78, 5) is 10.1. The van der Waals surface area contributed by atoms with E-state index < -0.39 is 23.5 Å². The maximum absolute atomic E-state index is 14.2. The Kier molecular flexibility index (Phi) is 6.40. The van der Waals surface area contributed by atoms with Crippen molar-refractivity contribution in [3.05, 3.63) is 57.5 Å². The first-order chi connectivity index (χ1) is 14.7. The van der Waals surface area contributed by atoms with Gasteiger partial charge in [-0.05, 0) is 43.1 Å². The predicted octanol–water partition coefficient (Wildman–Crippen LogP) is 5.15. The molecule has 0 aliphatic carbocycles. The summed E-state index contributed by atoms with van der Waals surface area (Å²) in [6.07, 6.45) is 6.77. The number of benzene rings is 1. The van der Waals surface area contributed by atoms with Crippen molar-refractivity contribution in [1.82, 2.24) is 9.80 Å². The lowest BCUT2D eigenvalue weighted by atomic mass is 9.98. The fourth-order valence-corrected chi connectivity index (χ4v) is 6.25. The molecule has 0 amide bonds. The zero-order valence-corrected chi connectivity index (χ0v) is 18.9. The fraction of sp³-hybridized carbons (Fsp3) is 0.522. The lowest BCUT2D eigenvalue weighted by Crippen LogP contribution is -2.49. The van der Waals surface area contributed by atoms with E-state index >= 15 is 0 Å². The van der Waals surface area contributed by atoms with Crippen LogP contribution in [0.4, 0.5) is 13.2 Å². The molecule has 0 radical (unpaired) electrons. The zero-order chi connectivity index (χ0) is 22.3. The second-order valence-corrected chi connectivity index (χ2v) is 10.1. The van der Waals surface area contributed by atoms with Crippen LogP contribution in [0.15, 0.2) is 39.5 Å². The first kappa shape index (κ1) is 22.3. The number of hydrogen-bond acceptors (Lipinski definition) is 5. The van der Waals surface area contributed by atoms with Crippen molar-refractivity contribution >= 4 is 18.1 Å². The van der Waals surface area contributed by atoms with Crippen molar-refractivity contribution in [2.45, 2.75) is 57.5 Å². The van der Waals surface area contributed by atoms with Gasteiger partial charge in [0, 0.05) is 48.4 Å². The van der Waals surface area contributed by atoms with Crippen LogP contribution in [0, 0.1) is 23.4 Å². The molecule has 3 aliphatic rings. The third-order valence-corrected chi connectivity index (χ3v) is 7.59. The van der Waals surface area contributed by atoms with Crippen LogP contribution < -0.4 is 5.73 Å². The van der Waals surface area contributed by atoms with Crippen LogP contribution in [-0.4, -0.2) is 40.6 Å². The topological polar surface area (TPSA) is 44.9 Å². The fourth-order valence-electron chi connectivity index (χ4n) is 4.67. The van der Waals surface area contributed by atoms with Gasteiger partial charge >= 0.3 is 0 Å². The summed E-state index contributed by atoms with van der Waals surface area (Å²) in [5.74, 6) is -1.39. The summed E-state index contributed by atoms with van der Waals surface area (Å²) < 4.78 is 41.7. The highest BCUT2D eigenvalue weighted by Crippen LogP contribution is 2.44.